The molecule has 0 fully saturated rings. The van der Waals surface area contributed by atoms with Crippen LogP contribution in [-0.4, -0.2) is 37.6 Å². The number of benzene rings is 2. The fourth-order valence-corrected chi connectivity index (χ4v) is 3.37. The molecule has 0 saturated carbocycles. The Labute approximate surface area is 166 Å². The van der Waals surface area contributed by atoms with Crippen LogP contribution in [0.1, 0.15) is 27.2 Å². The average Bonchev–Trinajstić information content (AvgIpc) is 2.70. The van der Waals surface area contributed by atoms with Crippen LogP contribution in [0.2, 0.25) is 0 Å². The summed E-state index contributed by atoms with van der Waals surface area (Å²) in [6.45, 7) is 8.15. The molecule has 6 heteroatoms. The maximum atomic E-state index is 12.5. The highest BCUT2D eigenvalue weighted by Gasteiger charge is 2.31. The normalized spacial score (nSPS) is 15.6. The summed E-state index contributed by atoms with van der Waals surface area (Å²) in [5, 5.41) is 2.91. The van der Waals surface area contributed by atoms with Crippen molar-refractivity contribution in [2.24, 2.45) is 0 Å². The first-order valence-corrected chi connectivity index (χ1v) is 9.75. The van der Waals surface area contributed by atoms with Gasteiger partial charge >= 0.3 is 0 Å². The molecule has 0 aliphatic carbocycles. The summed E-state index contributed by atoms with van der Waals surface area (Å²) in [6, 6.07) is 15.2. The van der Waals surface area contributed by atoms with E-state index in [0.717, 1.165) is 24.5 Å². The number of para-hydroxylation sites is 2. The molecule has 0 saturated heterocycles. The van der Waals surface area contributed by atoms with Crippen LogP contribution in [0.5, 0.6) is 5.75 Å². The molecule has 1 heterocycles. The van der Waals surface area contributed by atoms with Crippen molar-refractivity contribution in [2.75, 3.05) is 34.8 Å². The third kappa shape index (κ3) is 4.27. The van der Waals surface area contributed by atoms with Crippen molar-refractivity contribution < 1.29 is 14.3 Å². The molecule has 148 valence electrons. The number of amides is 2. The molecule has 2 aromatic carbocycles. The number of nitrogens with one attached hydrogen (secondary N) is 1. The molecule has 0 radical (unpaired) electrons. The Morgan fingerprint density at radius 2 is 1.79 bits per heavy atom. The summed E-state index contributed by atoms with van der Waals surface area (Å²) in [5.74, 6) is 0.414. The second kappa shape index (κ2) is 8.78. The van der Waals surface area contributed by atoms with Gasteiger partial charge in [-0.1, -0.05) is 12.1 Å². The van der Waals surface area contributed by atoms with E-state index in [9.17, 15) is 9.59 Å². The van der Waals surface area contributed by atoms with Crippen LogP contribution in [0.25, 0.3) is 0 Å². The quantitative estimate of drug-likeness (QED) is 0.795. The second-order valence-electron chi connectivity index (χ2n) is 6.74. The molecule has 1 N–H and O–H groups in total. The predicted molar refractivity (Wildman–Crippen MR) is 112 cm³/mol. The Hall–Kier alpha value is -3.02. The number of nitrogens with zero attached hydrogens (tertiary/aromatic N) is 2. The van der Waals surface area contributed by atoms with Gasteiger partial charge < -0.3 is 19.9 Å². The summed E-state index contributed by atoms with van der Waals surface area (Å²) in [7, 11) is 0. The highest BCUT2D eigenvalue weighted by Crippen LogP contribution is 2.33. The van der Waals surface area contributed by atoms with Gasteiger partial charge in [0.2, 0.25) is 5.91 Å². The molecule has 1 aliphatic rings. The van der Waals surface area contributed by atoms with Crippen LogP contribution in [-0.2, 0) is 9.59 Å². The van der Waals surface area contributed by atoms with E-state index in [0.29, 0.717) is 18.0 Å². The Balaban J connectivity index is 1.61. The van der Waals surface area contributed by atoms with Gasteiger partial charge in [0.15, 0.2) is 6.10 Å². The first-order chi connectivity index (χ1) is 13.5. The van der Waals surface area contributed by atoms with E-state index in [1.807, 2.05) is 48.5 Å². The molecule has 0 aromatic heterocycles. The monoisotopic (exact) mass is 381 g/mol. The fourth-order valence-electron chi connectivity index (χ4n) is 3.37. The molecular formula is C22H27N3O3. The number of carbonyl (C=O) groups excluding carboxylic acids is 2. The van der Waals surface area contributed by atoms with Crippen LogP contribution in [0.4, 0.5) is 17.1 Å². The van der Waals surface area contributed by atoms with Crippen LogP contribution in [0.3, 0.4) is 0 Å². The topological polar surface area (TPSA) is 61.9 Å². The lowest BCUT2D eigenvalue weighted by Gasteiger charge is -2.32. The van der Waals surface area contributed by atoms with Gasteiger partial charge in [0.05, 0.1) is 5.69 Å². The van der Waals surface area contributed by atoms with E-state index in [1.165, 1.54) is 0 Å². The third-order valence-corrected chi connectivity index (χ3v) is 4.92. The Morgan fingerprint density at radius 3 is 2.46 bits per heavy atom. The molecule has 1 unspecified atom stereocenters. The summed E-state index contributed by atoms with van der Waals surface area (Å²) in [6.07, 6.45) is -0.337. The number of ether oxygens (including phenoxy) is 1. The predicted octanol–water partition coefficient (Wildman–Crippen LogP) is 3.68. The van der Waals surface area contributed by atoms with Crippen LogP contribution >= 0.6 is 0 Å². The third-order valence-electron chi connectivity index (χ3n) is 4.92. The van der Waals surface area contributed by atoms with Gasteiger partial charge in [0, 0.05) is 37.4 Å². The van der Waals surface area contributed by atoms with Gasteiger partial charge in [-0.15, -0.1) is 0 Å². The molecule has 0 bridgehead atoms. The number of hydrogen-bond acceptors (Lipinski definition) is 4. The Kier molecular flexibility index (Phi) is 6.19. The van der Waals surface area contributed by atoms with Crippen molar-refractivity contribution in [3.8, 4) is 5.75 Å². The standard InChI is InChI=1S/C22H27N3O3/c1-4-24(5-2)18-12-10-17(11-13-18)23-21(26)14-15-25-19-8-6-7-9-20(19)28-16(3)22(25)27/h6-13,16H,4-5,14-15H2,1-3H3,(H,23,26). The molecule has 0 spiro atoms. The van der Waals surface area contributed by atoms with Gasteiger partial charge in [0.1, 0.15) is 5.75 Å². The Bertz CT molecular complexity index is 831. The minimum Gasteiger partial charge on any atom is -0.479 e. The lowest BCUT2D eigenvalue weighted by Crippen LogP contribution is -2.45. The Morgan fingerprint density at radius 1 is 1.11 bits per heavy atom. The lowest BCUT2D eigenvalue weighted by atomic mass is 10.1. The van der Waals surface area contributed by atoms with Crippen molar-refractivity contribution in [2.45, 2.75) is 33.3 Å². The summed E-state index contributed by atoms with van der Waals surface area (Å²) in [5.41, 5.74) is 2.59. The highest BCUT2D eigenvalue weighted by molar-refractivity contribution is 6.00. The zero-order valence-corrected chi connectivity index (χ0v) is 16.6. The van der Waals surface area contributed by atoms with Crippen molar-refractivity contribution >= 4 is 28.9 Å². The van der Waals surface area contributed by atoms with Crippen molar-refractivity contribution in [1.82, 2.24) is 0 Å². The van der Waals surface area contributed by atoms with E-state index in [1.54, 1.807) is 11.8 Å². The van der Waals surface area contributed by atoms with E-state index in [4.69, 9.17) is 4.74 Å². The zero-order chi connectivity index (χ0) is 20.1. The van der Waals surface area contributed by atoms with Gasteiger partial charge in [-0.2, -0.15) is 0 Å². The molecule has 6 nitrogen and oxygen atoms in total. The van der Waals surface area contributed by atoms with E-state index in [2.05, 4.69) is 24.1 Å². The molecule has 2 aromatic rings. The number of hydrogen-bond donors (Lipinski definition) is 1. The van der Waals surface area contributed by atoms with Crippen LogP contribution in [0, 0.1) is 0 Å². The molecule has 1 aliphatic heterocycles. The SMILES string of the molecule is CCN(CC)c1ccc(NC(=O)CCN2C(=O)C(C)Oc3ccccc32)cc1. The van der Waals surface area contributed by atoms with Gasteiger partial charge in [-0.25, -0.2) is 0 Å². The second-order valence-corrected chi connectivity index (χ2v) is 6.74. The maximum absolute atomic E-state index is 12.5. The van der Waals surface area contributed by atoms with Crippen LogP contribution < -0.4 is 19.9 Å². The first-order valence-electron chi connectivity index (χ1n) is 9.75. The largest absolute Gasteiger partial charge is 0.479 e. The number of fused-ring (bicyclic) bond motifs is 1. The maximum Gasteiger partial charge on any atom is 0.267 e. The lowest BCUT2D eigenvalue weighted by molar-refractivity contribution is -0.125. The van der Waals surface area contributed by atoms with Gasteiger partial charge in [-0.05, 0) is 57.2 Å². The number of rotatable bonds is 7. The fraction of sp³-hybridized carbons (Fsp3) is 0.364. The molecule has 28 heavy (non-hydrogen) atoms. The van der Waals surface area contributed by atoms with E-state index < -0.39 is 6.10 Å². The zero-order valence-electron chi connectivity index (χ0n) is 16.6. The molecule has 2 amide bonds. The van der Waals surface area contributed by atoms with Crippen molar-refractivity contribution in [3.63, 3.8) is 0 Å². The summed E-state index contributed by atoms with van der Waals surface area (Å²) < 4.78 is 5.63. The summed E-state index contributed by atoms with van der Waals surface area (Å²) in [4.78, 5) is 28.8. The van der Waals surface area contributed by atoms with Crippen molar-refractivity contribution in [3.05, 3.63) is 48.5 Å². The van der Waals surface area contributed by atoms with Gasteiger partial charge in [-0.3, -0.25) is 9.59 Å². The van der Waals surface area contributed by atoms with E-state index >= 15 is 0 Å². The van der Waals surface area contributed by atoms with Crippen LogP contribution in [0.15, 0.2) is 48.5 Å². The minimum absolute atomic E-state index is 0.125. The molecular weight excluding hydrogens is 354 g/mol. The molecule has 3 rings (SSSR count). The first kappa shape index (κ1) is 19.7. The number of anilines is 3. The number of carbonyl (C=O) groups is 2. The van der Waals surface area contributed by atoms with E-state index in [-0.39, 0.29) is 18.2 Å². The minimum atomic E-state index is -0.550. The van der Waals surface area contributed by atoms with Crippen molar-refractivity contribution in [1.29, 1.82) is 0 Å². The average molecular weight is 381 g/mol. The summed E-state index contributed by atoms with van der Waals surface area (Å²) >= 11 is 0. The highest BCUT2D eigenvalue weighted by atomic mass is 16.5. The smallest absolute Gasteiger partial charge is 0.267 e. The molecule has 1 atom stereocenters. The van der Waals surface area contributed by atoms with Gasteiger partial charge in [0.25, 0.3) is 5.91 Å².